The van der Waals surface area contributed by atoms with Gasteiger partial charge in [0.15, 0.2) is 0 Å². The Morgan fingerprint density at radius 1 is 0.976 bits per heavy atom. The summed E-state index contributed by atoms with van der Waals surface area (Å²) in [6.07, 6.45) is 0.636. The zero-order chi connectivity index (χ0) is 29.1. The molecule has 1 unspecified atom stereocenters. The summed E-state index contributed by atoms with van der Waals surface area (Å²) in [5.74, 6) is 3.21. The van der Waals surface area contributed by atoms with Crippen LogP contribution in [0.1, 0.15) is 34.4 Å². The van der Waals surface area contributed by atoms with E-state index in [0.717, 1.165) is 39.3 Å². The van der Waals surface area contributed by atoms with Crippen molar-refractivity contribution in [1.29, 1.82) is 0 Å². The maximum Gasteiger partial charge on any atom is 0.292 e. The number of ether oxygens (including phenoxy) is 2. The molecule has 9 nitrogen and oxygen atoms in total. The lowest BCUT2D eigenvalue weighted by Crippen LogP contribution is -2.54. The molecular weight excluding hydrogens is 550 g/mol. The lowest BCUT2D eigenvalue weighted by Gasteiger charge is -2.39. The van der Waals surface area contributed by atoms with E-state index >= 15 is 0 Å². The molecule has 1 aliphatic heterocycles. The fourth-order valence-electron chi connectivity index (χ4n) is 4.89. The normalized spacial score (nSPS) is 15.1. The summed E-state index contributed by atoms with van der Waals surface area (Å²) in [6.45, 7) is 5.96. The minimum atomic E-state index is -0.165. The maximum absolute atomic E-state index is 13.3. The number of piperazine rings is 1. The van der Waals surface area contributed by atoms with Crippen molar-refractivity contribution in [1.82, 2.24) is 19.4 Å². The first-order valence-electron chi connectivity index (χ1n) is 13.8. The molecule has 0 radical (unpaired) electrons. The van der Waals surface area contributed by atoms with Gasteiger partial charge in [-0.05, 0) is 67.9 Å². The van der Waals surface area contributed by atoms with Crippen molar-refractivity contribution in [2.75, 3.05) is 31.6 Å². The van der Waals surface area contributed by atoms with E-state index in [4.69, 9.17) is 19.0 Å². The Hall–Kier alpha value is -4.70. The Kier molecular flexibility index (Phi) is 7.87. The van der Waals surface area contributed by atoms with Gasteiger partial charge in [0, 0.05) is 55.3 Å². The lowest BCUT2D eigenvalue weighted by molar-refractivity contribution is 0.0631. The van der Waals surface area contributed by atoms with E-state index in [1.807, 2.05) is 84.6 Å². The second kappa shape index (κ2) is 12.0. The van der Waals surface area contributed by atoms with Gasteiger partial charge in [0.05, 0.1) is 7.11 Å². The number of benzene rings is 3. The van der Waals surface area contributed by atoms with Crippen LogP contribution in [-0.2, 0) is 6.42 Å². The van der Waals surface area contributed by atoms with Crippen LogP contribution in [0.5, 0.6) is 17.2 Å². The molecule has 1 fully saturated rings. The van der Waals surface area contributed by atoms with Crippen LogP contribution >= 0.6 is 11.5 Å². The molecule has 1 aliphatic rings. The number of carbonyl (C=O) groups excluding carboxylic acids is 1. The van der Waals surface area contributed by atoms with Crippen LogP contribution in [0.3, 0.4) is 0 Å². The number of aryl methyl sites for hydroxylation is 1. The summed E-state index contributed by atoms with van der Waals surface area (Å²) in [7, 11) is 1.62. The van der Waals surface area contributed by atoms with Gasteiger partial charge in [0.1, 0.15) is 28.8 Å². The van der Waals surface area contributed by atoms with Crippen molar-refractivity contribution in [3.8, 4) is 28.5 Å². The predicted molar refractivity (Wildman–Crippen MR) is 162 cm³/mol. The summed E-state index contributed by atoms with van der Waals surface area (Å²) in [5.41, 5.74) is 3.78. The number of rotatable bonds is 8. The highest BCUT2D eigenvalue weighted by Crippen LogP contribution is 2.27. The Labute approximate surface area is 248 Å². The Morgan fingerprint density at radius 3 is 2.36 bits per heavy atom. The third kappa shape index (κ3) is 6.13. The fraction of sp³-hybridized carbons (Fsp3) is 0.250. The van der Waals surface area contributed by atoms with Crippen molar-refractivity contribution in [2.45, 2.75) is 26.3 Å². The monoisotopic (exact) mass is 581 g/mol. The number of methoxy groups -OCH3 is 1. The maximum atomic E-state index is 13.3. The highest BCUT2D eigenvalue weighted by Gasteiger charge is 2.31. The highest BCUT2D eigenvalue weighted by atomic mass is 32.1. The van der Waals surface area contributed by atoms with Gasteiger partial charge in [-0.25, -0.2) is 4.98 Å². The number of aromatic nitrogens is 3. The Morgan fingerprint density at radius 2 is 1.67 bits per heavy atom. The van der Waals surface area contributed by atoms with Crippen molar-refractivity contribution in [3.05, 3.63) is 102 Å². The van der Waals surface area contributed by atoms with E-state index in [0.29, 0.717) is 31.7 Å². The van der Waals surface area contributed by atoms with E-state index in [-0.39, 0.29) is 17.7 Å². The van der Waals surface area contributed by atoms with Gasteiger partial charge in [-0.2, -0.15) is 4.37 Å². The van der Waals surface area contributed by atoms with Gasteiger partial charge in [-0.1, -0.05) is 35.0 Å². The molecule has 3 aromatic carbocycles. The van der Waals surface area contributed by atoms with Gasteiger partial charge in [-0.3, -0.25) is 4.79 Å². The molecule has 1 atom stereocenters. The molecule has 6 rings (SSSR count). The molecule has 5 aromatic rings. The van der Waals surface area contributed by atoms with Gasteiger partial charge in [-0.15, -0.1) is 0 Å². The molecule has 0 spiro atoms. The SMILES string of the molecule is COc1ccc(-c2cc(C(=O)N3CCN(c4nc(Cc5ccc(Oc6ccc(C)cc6)cc5)ns4)CC3C)on2)cc1. The number of amides is 1. The lowest BCUT2D eigenvalue weighted by atomic mass is 10.1. The van der Waals surface area contributed by atoms with Crippen molar-refractivity contribution >= 4 is 22.6 Å². The zero-order valence-corrected chi connectivity index (χ0v) is 24.5. The first kappa shape index (κ1) is 27.5. The van der Waals surface area contributed by atoms with Crippen LogP contribution in [0.4, 0.5) is 5.13 Å². The number of hydrogen-bond acceptors (Lipinski definition) is 9. The molecule has 1 amide bonds. The third-order valence-electron chi connectivity index (χ3n) is 7.27. The molecule has 10 heteroatoms. The van der Waals surface area contributed by atoms with E-state index in [1.165, 1.54) is 17.1 Å². The molecule has 0 saturated carbocycles. The Balaban J connectivity index is 1.04. The standard InChI is InChI=1S/C32H31N5O4S/c1-21-4-10-26(11-5-21)40-27-12-6-23(7-13-27)18-30-33-32(42-35-30)36-16-17-37(22(2)20-36)31(38)29-19-28(34-41-29)24-8-14-25(39-3)15-9-24/h4-15,19,22H,16-18,20H2,1-3H3. The van der Waals surface area contributed by atoms with Crippen LogP contribution in [0, 0.1) is 6.92 Å². The molecule has 3 heterocycles. The molecule has 214 valence electrons. The van der Waals surface area contributed by atoms with Crippen LogP contribution in [0.25, 0.3) is 11.3 Å². The number of hydrogen-bond donors (Lipinski definition) is 0. The summed E-state index contributed by atoms with van der Waals surface area (Å²) in [5, 5.41) is 4.98. The van der Waals surface area contributed by atoms with Crippen molar-refractivity contribution in [2.24, 2.45) is 0 Å². The topological polar surface area (TPSA) is 93.8 Å². The first-order valence-corrected chi connectivity index (χ1v) is 14.6. The highest BCUT2D eigenvalue weighted by molar-refractivity contribution is 7.09. The van der Waals surface area contributed by atoms with E-state index in [2.05, 4.69) is 21.4 Å². The average molecular weight is 582 g/mol. The predicted octanol–water partition coefficient (Wildman–Crippen LogP) is 6.24. The number of anilines is 1. The van der Waals surface area contributed by atoms with Gasteiger partial charge in [0.2, 0.25) is 10.9 Å². The Bertz CT molecular complexity index is 1650. The van der Waals surface area contributed by atoms with Crippen LogP contribution in [-0.4, -0.2) is 58.1 Å². The number of nitrogens with zero attached hydrogens (tertiary/aromatic N) is 5. The van der Waals surface area contributed by atoms with Crippen LogP contribution in [0.15, 0.2) is 83.4 Å². The van der Waals surface area contributed by atoms with Gasteiger partial charge < -0.3 is 23.8 Å². The van der Waals surface area contributed by atoms with Gasteiger partial charge >= 0.3 is 0 Å². The summed E-state index contributed by atoms with van der Waals surface area (Å²) >= 11 is 1.39. The van der Waals surface area contributed by atoms with Crippen molar-refractivity contribution < 1.29 is 18.8 Å². The minimum Gasteiger partial charge on any atom is -0.497 e. The van der Waals surface area contributed by atoms with E-state index < -0.39 is 0 Å². The average Bonchev–Trinajstić information content (AvgIpc) is 3.70. The van der Waals surface area contributed by atoms with Gasteiger partial charge in [0.25, 0.3) is 5.91 Å². The summed E-state index contributed by atoms with van der Waals surface area (Å²) in [6, 6.07) is 25.2. The summed E-state index contributed by atoms with van der Waals surface area (Å²) in [4.78, 5) is 22.1. The second-order valence-corrected chi connectivity index (χ2v) is 11.1. The fourth-order valence-corrected chi connectivity index (χ4v) is 5.61. The number of carbonyl (C=O) groups is 1. The van der Waals surface area contributed by atoms with Crippen LogP contribution in [0.2, 0.25) is 0 Å². The first-order chi connectivity index (χ1) is 20.4. The van der Waals surface area contributed by atoms with Crippen LogP contribution < -0.4 is 14.4 Å². The molecule has 1 saturated heterocycles. The second-order valence-electron chi connectivity index (χ2n) is 10.3. The molecule has 0 bridgehead atoms. The smallest absolute Gasteiger partial charge is 0.292 e. The third-order valence-corrected chi connectivity index (χ3v) is 8.08. The molecule has 2 aromatic heterocycles. The molecule has 42 heavy (non-hydrogen) atoms. The van der Waals surface area contributed by atoms with Crippen molar-refractivity contribution in [3.63, 3.8) is 0 Å². The molecule has 0 aliphatic carbocycles. The molecular formula is C32H31N5O4S. The van der Waals surface area contributed by atoms with E-state index in [1.54, 1.807) is 13.2 Å². The minimum absolute atomic E-state index is 0.0331. The quantitative estimate of drug-likeness (QED) is 0.213. The summed E-state index contributed by atoms with van der Waals surface area (Å²) < 4.78 is 21.2. The van der Waals surface area contributed by atoms with E-state index in [9.17, 15) is 4.79 Å². The zero-order valence-electron chi connectivity index (χ0n) is 23.7. The largest absolute Gasteiger partial charge is 0.497 e. The molecule has 0 N–H and O–H groups in total.